The van der Waals surface area contributed by atoms with Crippen molar-refractivity contribution < 1.29 is 9.53 Å². The van der Waals surface area contributed by atoms with Gasteiger partial charge in [0.1, 0.15) is 5.60 Å². The topological polar surface area (TPSA) is 83.2 Å². The fourth-order valence-electron chi connectivity index (χ4n) is 2.66. The van der Waals surface area contributed by atoms with E-state index in [4.69, 9.17) is 22.7 Å². The van der Waals surface area contributed by atoms with Crippen molar-refractivity contribution in [2.75, 3.05) is 42.1 Å². The van der Waals surface area contributed by atoms with Crippen LogP contribution in [0.4, 0.5) is 16.2 Å². The maximum atomic E-state index is 12.2. The maximum absolute atomic E-state index is 12.2. The largest absolute Gasteiger partial charge is 0.444 e. The van der Waals surface area contributed by atoms with Crippen LogP contribution in [0.15, 0.2) is 29.3 Å². The van der Waals surface area contributed by atoms with Crippen molar-refractivity contribution >= 4 is 51.7 Å². The number of carbonyl (C=O) groups is 1. The smallest absolute Gasteiger partial charge is 0.410 e. The van der Waals surface area contributed by atoms with Crippen LogP contribution in [0, 0.1) is 0 Å². The van der Waals surface area contributed by atoms with Gasteiger partial charge in [0.2, 0.25) is 0 Å². The highest BCUT2D eigenvalue weighted by atomic mass is 32.2. The number of thiocarbonyl (C=S) groups is 1. The highest BCUT2D eigenvalue weighted by molar-refractivity contribution is 8.13. The van der Waals surface area contributed by atoms with E-state index in [1.54, 1.807) is 4.90 Å². The first-order chi connectivity index (χ1) is 13.2. The quantitative estimate of drug-likeness (QED) is 0.437. The van der Waals surface area contributed by atoms with Crippen LogP contribution in [0.1, 0.15) is 27.7 Å². The second-order valence-corrected chi connectivity index (χ2v) is 8.99. The Morgan fingerprint density at radius 2 is 1.86 bits per heavy atom. The second kappa shape index (κ2) is 9.97. The molecule has 0 bridgehead atoms. The van der Waals surface area contributed by atoms with Crippen molar-refractivity contribution in [1.82, 2.24) is 4.90 Å². The number of benzene rings is 1. The Hall–Kier alpha value is -2.00. The van der Waals surface area contributed by atoms with Crippen LogP contribution in [0.2, 0.25) is 0 Å². The predicted octanol–water partition coefficient (Wildman–Crippen LogP) is 3.51. The molecule has 0 unspecified atom stereocenters. The Kier molecular flexibility index (Phi) is 7.94. The van der Waals surface area contributed by atoms with Gasteiger partial charge >= 0.3 is 6.09 Å². The Labute approximate surface area is 176 Å². The van der Waals surface area contributed by atoms with Crippen molar-refractivity contribution in [2.45, 2.75) is 33.3 Å². The second-order valence-electron chi connectivity index (χ2n) is 7.31. The molecule has 9 heteroatoms. The number of hydrogen-bond acceptors (Lipinski definition) is 5. The van der Waals surface area contributed by atoms with Crippen molar-refractivity contribution in [3.05, 3.63) is 24.3 Å². The number of piperazine rings is 1. The Morgan fingerprint density at radius 3 is 2.39 bits per heavy atom. The van der Waals surface area contributed by atoms with E-state index < -0.39 is 5.60 Å². The molecule has 0 saturated carbocycles. The van der Waals surface area contributed by atoms with E-state index in [0.717, 1.165) is 30.2 Å². The number of thioether (sulfide) groups is 1. The van der Waals surface area contributed by atoms with Gasteiger partial charge in [0.15, 0.2) is 10.3 Å². The average molecular weight is 424 g/mol. The number of nitrogens with zero attached hydrogens (tertiary/aromatic N) is 3. The molecule has 1 saturated heterocycles. The number of carbonyl (C=O) groups excluding carboxylic acids is 1. The van der Waals surface area contributed by atoms with Gasteiger partial charge < -0.3 is 25.6 Å². The Bertz CT molecular complexity index is 708. The van der Waals surface area contributed by atoms with Gasteiger partial charge in [-0.25, -0.2) is 4.79 Å². The van der Waals surface area contributed by atoms with Crippen molar-refractivity contribution in [1.29, 1.82) is 0 Å². The lowest BCUT2D eigenvalue weighted by Gasteiger charge is -2.36. The summed E-state index contributed by atoms with van der Waals surface area (Å²) in [6.07, 6.45) is -0.249. The van der Waals surface area contributed by atoms with E-state index in [2.05, 4.69) is 15.2 Å². The SMILES string of the molecule is CCS/C(N)=N/C(=S)Nc1ccc(N2CCN(C(=O)OC(C)(C)C)CC2)cc1. The van der Waals surface area contributed by atoms with Crippen molar-refractivity contribution in [3.63, 3.8) is 0 Å². The minimum atomic E-state index is -0.471. The van der Waals surface area contributed by atoms with Gasteiger partial charge in [-0.15, -0.1) is 0 Å². The van der Waals surface area contributed by atoms with Gasteiger partial charge in [0.05, 0.1) is 0 Å². The molecule has 1 aliphatic rings. The summed E-state index contributed by atoms with van der Waals surface area (Å²) in [6.45, 7) is 10.5. The molecule has 3 N–H and O–H groups in total. The number of nitrogens with one attached hydrogen (secondary N) is 1. The molecular formula is C19H29N5O2S2. The van der Waals surface area contributed by atoms with Crippen LogP contribution in [-0.4, -0.2) is 58.8 Å². The lowest BCUT2D eigenvalue weighted by Crippen LogP contribution is -2.50. The molecule has 1 aliphatic heterocycles. The van der Waals surface area contributed by atoms with Crippen LogP contribution in [0.5, 0.6) is 0 Å². The first-order valence-electron chi connectivity index (χ1n) is 9.29. The molecule has 1 aromatic carbocycles. The molecule has 154 valence electrons. The van der Waals surface area contributed by atoms with Crippen LogP contribution in [-0.2, 0) is 4.74 Å². The van der Waals surface area contributed by atoms with Gasteiger partial charge in [-0.2, -0.15) is 4.99 Å². The van der Waals surface area contributed by atoms with E-state index in [-0.39, 0.29) is 6.09 Å². The van der Waals surface area contributed by atoms with E-state index in [1.165, 1.54) is 11.8 Å². The molecule has 1 fully saturated rings. The molecular weight excluding hydrogens is 394 g/mol. The standard InChI is InChI=1S/C19H29N5O2S2/c1-5-28-16(20)22-17(27)21-14-6-8-15(9-7-14)23-10-12-24(13-11-23)18(25)26-19(2,3)4/h6-9H,5,10-13H2,1-4H3,(H3,20,21,22,27). The summed E-state index contributed by atoms with van der Waals surface area (Å²) in [7, 11) is 0. The number of anilines is 2. The average Bonchev–Trinajstić information content (AvgIpc) is 2.61. The highest BCUT2D eigenvalue weighted by Crippen LogP contribution is 2.20. The summed E-state index contributed by atoms with van der Waals surface area (Å²) >= 11 is 6.66. The summed E-state index contributed by atoms with van der Waals surface area (Å²) in [6, 6.07) is 7.98. The monoisotopic (exact) mass is 423 g/mol. The Balaban J connectivity index is 1.87. The normalized spacial score (nSPS) is 15.4. The molecule has 0 aromatic heterocycles. The highest BCUT2D eigenvalue weighted by Gasteiger charge is 2.25. The molecule has 1 aromatic rings. The molecule has 1 heterocycles. The predicted molar refractivity (Wildman–Crippen MR) is 122 cm³/mol. The number of amidine groups is 1. The fourth-order valence-corrected chi connectivity index (χ4v) is 3.39. The zero-order valence-corrected chi connectivity index (χ0v) is 18.5. The zero-order valence-electron chi connectivity index (χ0n) is 16.9. The van der Waals surface area contributed by atoms with Crippen molar-refractivity contribution in [2.24, 2.45) is 10.7 Å². The molecule has 0 radical (unpaired) electrons. The first-order valence-corrected chi connectivity index (χ1v) is 10.7. The third-order valence-corrected chi connectivity index (χ3v) is 4.79. The lowest BCUT2D eigenvalue weighted by atomic mass is 10.2. The van der Waals surface area contributed by atoms with Gasteiger partial charge in [-0.1, -0.05) is 18.7 Å². The van der Waals surface area contributed by atoms with Gasteiger partial charge in [0.25, 0.3) is 0 Å². The minimum absolute atomic E-state index is 0.249. The first kappa shape index (κ1) is 22.3. The number of amides is 1. The number of nitrogens with two attached hydrogens (primary N) is 1. The van der Waals surface area contributed by atoms with E-state index >= 15 is 0 Å². The van der Waals surface area contributed by atoms with Crippen LogP contribution in [0.25, 0.3) is 0 Å². The fraction of sp³-hybridized carbons (Fsp3) is 0.526. The van der Waals surface area contributed by atoms with Crippen LogP contribution >= 0.6 is 24.0 Å². The van der Waals surface area contributed by atoms with Gasteiger partial charge in [0, 0.05) is 37.6 Å². The minimum Gasteiger partial charge on any atom is -0.444 e. The van der Waals surface area contributed by atoms with Crippen LogP contribution < -0.4 is 16.0 Å². The van der Waals surface area contributed by atoms with Crippen molar-refractivity contribution in [3.8, 4) is 0 Å². The number of aliphatic imine (C=N–C) groups is 1. The third-order valence-electron chi connectivity index (χ3n) is 3.92. The lowest BCUT2D eigenvalue weighted by molar-refractivity contribution is 0.0240. The number of ether oxygens (including phenoxy) is 1. The number of hydrogen-bond donors (Lipinski definition) is 2. The molecule has 28 heavy (non-hydrogen) atoms. The summed E-state index contributed by atoms with van der Waals surface area (Å²) in [5.41, 5.74) is 7.26. The third kappa shape index (κ3) is 7.20. The summed E-state index contributed by atoms with van der Waals surface area (Å²) in [4.78, 5) is 20.3. The zero-order chi connectivity index (χ0) is 20.7. The van der Waals surface area contributed by atoms with E-state index in [0.29, 0.717) is 23.4 Å². The molecule has 1 amide bonds. The molecule has 7 nitrogen and oxygen atoms in total. The van der Waals surface area contributed by atoms with Crippen LogP contribution in [0.3, 0.4) is 0 Å². The van der Waals surface area contributed by atoms with E-state index in [1.807, 2.05) is 52.0 Å². The summed E-state index contributed by atoms with van der Waals surface area (Å²) < 4.78 is 5.44. The molecule has 0 atom stereocenters. The number of rotatable bonds is 3. The Morgan fingerprint density at radius 1 is 1.25 bits per heavy atom. The summed E-state index contributed by atoms with van der Waals surface area (Å²) in [5.74, 6) is 0.855. The molecule has 0 spiro atoms. The van der Waals surface area contributed by atoms with E-state index in [9.17, 15) is 4.79 Å². The maximum Gasteiger partial charge on any atom is 0.410 e. The molecule has 2 rings (SSSR count). The van der Waals surface area contributed by atoms with Gasteiger partial charge in [-0.05, 0) is 63.0 Å². The summed E-state index contributed by atoms with van der Waals surface area (Å²) in [5, 5.41) is 3.87. The molecule has 0 aliphatic carbocycles. The van der Waals surface area contributed by atoms with Gasteiger partial charge in [-0.3, -0.25) is 0 Å².